The van der Waals surface area contributed by atoms with E-state index in [9.17, 15) is 9.59 Å². The molecule has 5 heteroatoms. The van der Waals surface area contributed by atoms with Crippen LogP contribution in [0.4, 0.5) is 0 Å². The summed E-state index contributed by atoms with van der Waals surface area (Å²) in [5.41, 5.74) is 2.82. The monoisotopic (exact) mass is 265 g/mol. The second kappa shape index (κ2) is 6.16. The summed E-state index contributed by atoms with van der Waals surface area (Å²) in [5, 5.41) is 13.3. The van der Waals surface area contributed by atoms with Crippen molar-refractivity contribution in [3.63, 3.8) is 0 Å². The largest absolute Gasteiger partial charge is 0.478 e. The Morgan fingerprint density at radius 1 is 1.39 bits per heavy atom. The average Bonchev–Trinajstić information content (AvgIpc) is 2.65. The highest BCUT2D eigenvalue weighted by Crippen LogP contribution is 2.25. The van der Waals surface area contributed by atoms with Gasteiger partial charge in [-0.05, 0) is 32.4 Å². The summed E-state index contributed by atoms with van der Waals surface area (Å²) in [6, 6.07) is 0. The molecule has 0 aliphatic heterocycles. The molecular weight excluding hydrogens is 250 g/mol. The predicted molar refractivity (Wildman–Crippen MR) is 72.4 cm³/mol. The number of amides is 1. The van der Waals surface area contributed by atoms with Gasteiger partial charge in [0.2, 0.25) is 6.41 Å². The highest BCUT2D eigenvalue weighted by atomic mass is 32.1. The van der Waals surface area contributed by atoms with E-state index in [1.807, 2.05) is 19.2 Å². The maximum atomic E-state index is 10.7. The molecule has 0 aliphatic rings. The number of thiophene rings is 1. The lowest BCUT2D eigenvalue weighted by molar-refractivity contribution is -0.132. The summed E-state index contributed by atoms with van der Waals surface area (Å²) in [5.74, 6) is -0.977. The second-order valence-electron chi connectivity index (χ2n) is 3.83. The number of hydrogen-bond acceptors (Lipinski definition) is 3. The Morgan fingerprint density at radius 3 is 2.50 bits per heavy atom. The van der Waals surface area contributed by atoms with Gasteiger partial charge < -0.3 is 10.4 Å². The number of carboxylic acid groups (broad SMARTS) is 1. The van der Waals surface area contributed by atoms with Crippen molar-refractivity contribution in [3.8, 4) is 0 Å². The normalized spacial score (nSPS) is 12.4. The van der Waals surface area contributed by atoms with Crippen molar-refractivity contribution in [2.75, 3.05) is 0 Å². The fourth-order valence-corrected chi connectivity index (χ4v) is 2.22. The summed E-state index contributed by atoms with van der Waals surface area (Å²) in [6.07, 6.45) is 3.66. The van der Waals surface area contributed by atoms with Gasteiger partial charge in [0.15, 0.2) is 0 Å². The van der Waals surface area contributed by atoms with Gasteiger partial charge in [-0.3, -0.25) is 4.79 Å². The minimum absolute atomic E-state index is 0.213. The molecule has 1 aromatic heterocycles. The van der Waals surface area contributed by atoms with Crippen molar-refractivity contribution in [3.05, 3.63) is 39.1 Å². The van der Waals surface area contributed by atoms with Crippen LogP contribution in [0.5, 0.6) is 0 Å². The second-order valence-corrected chi connectivity index (χ2v) is 4.91. The van der Waals surface area contributed by atoms with Gasteiger partial charge in [-0.2, -0.15) is 0 Å². The van der Waals surface area contributed by atoms with E-state index < -0.39 is 5.97 Å². The fraction of sp³-hybridized carbons (Fsp3) is 0.231. The third kappa shape index (κ3) is 3.30. The van der Waals surface area contributed by atoms with Gasteiger partial charge in [0, 0.05) is 27.1 Å². The SMILES string of the molecule is C/C(=C\C=C(/NC=O)c1csc(C)c1C)C(=O)O. The Balaban J connectivity index is 3.14. The molecule has 18 heavy (non-hydrogen) atoms. The molecule has 4 nitrogen and oxygen atoms in total. The minimum Gasteiger partial charge on any atom is -0.478 e. The van der Waals surface area contributed by atoms with Crippen LogP contribution in [0.1, 0.15) is 22.9 Å². The molecule has 0 aromatic carbocycles. The number of allylic oxidation sites excluding steroid dienone is 2. The molecule has 1 aromatic rings. The molecular formula is C13H15NO3S. The Kier molecular flexibility index (Phi) is 4.85. The first-order valence-electron chi connectivity index (χ1n) is 5.34. The Hall–Kier alpha value is -1.88. The molecule has 0 spiro atoms. The van der Waals surface area contributed by atoms with Crippen molar-refractivity contribution in [1.29, 1.82) is 0 Å². The number of aryl methyl sites for hydroxylation is 1. The molecule has 0 saturated carbocycles. The summed E-state index contributed by atoms with van der Waals surface area (Å²) in [4.78, 5) is 22.5. The van der Waals surface area contributed by atoms with Crippen LogP contribution < -0.4 is 5.32 Å². The van der Waals surface area contributed by atoms with E-state index in [1.165, 1.54) is 17.9 Å². The van der Waals surface area contributed by atoms with Gasteiger partial charge in [0.25, 0.3) is 0 Å². The number of carbonyl (C=O) groups is 2. The zero-order valence-corrected chi connectivity index (χ0v) is 11.3. The molecule has 0 saturated heterocycles. The number of rotatable bonds is 5. The molecule has 1 heterocycles. The molecule has 96 valence electrons. The van der Waals surface area contributed by atoms with Crippen LogP contribution in [0.15, 0.2) is 23.1 Å². The number of carboxylic acids is 1. The maximum Gasteiger partial charge on any atom is 0.331 e. The topological polar surface area (TPSA) is 66.4 Å². The van der Waals surface area contributed by atoms with Crippen molar-refractivity contribution >= 4 is 29.4 Å². The summed E-state index contributed by atoms with van der Waals surface area (Å²) in [7, 11) is 0. The first kappa shape index (κ1) is 14.2. The van der Waals surface area contributed by atoms with Crippen LogP contribution in [0.25, 0.3) is 5.70 Å². The van der Waals surface area contributed by atoms with Crippen molar-refractivity contribution in [1.82, 2.24) is 5.32 Å². The number of aliphatic carboxylic acids is 1. The van der Waals surface area contributed by atoms with Crippen LogP contribution in [0.2, 0.25) is 0 Å². The highest BCUT2D eigenvalue weighted by Gasteiger charge is 2.08. The van der Waals surface area contributed by atoms with E-state index in [4.69, 9.17) is 5.11 Å². The standard InChI is InChI=1S/C13H15NO3S/c1-8(13(16)17)4-5-12(14-7-15)11-6-18-10(3)9(11)2/h4-7H,1-3H3,(H,14,15)(H,16,17)/b8-4+,12-5-. The Labute approximate surface area is 110 Å². The van der Waals surface area contributed by atoms with E-state index in [1.54, 1.807) is 17.4 Å². The molecule has 0 radical (unpaired) electrons. The first-order valence-corrected chi connectivity index (χ1v) is 6.22. The summed E-state index contributed by atoms with van der Waals surface area (Å²) < 4.78 is 0. The molecule has 0 bridgehead atoms. The minimum atomic E-state index is -0.977. The van der Waals surface area contributed by atoms with Crippen molar-refractivity contribution in [2.45, 2.75) is 20.8 Å². The first-order chi connectivity index (χ1) is 8.47. The van der Waals surface area contributed by atoms with E-state index in [0.717, 1.165) is 11.1 Å². The molecule has 0 atom stereocenters. The number of nitrogens with one attached hydrogen (secondary N) is 1. The van der Waals surface area contributed by atoms with E-state index >= 15 is 0 Å². The quantitative estimate of drug-likeness (QED) is 0.488. The zero-order chi connectivity index (χ0) is 13.7. The zero-order valence-electron chi connectivity index (χ0n) is 10.5. The van der Waals surface area contributed by atoms with Crippen LogP contribution in [0.3, 0.4) is 0 Å². The van der Waals surface area contributed by atoms with Gasteiger partial charge in [-0.15, -0.1) is 11.3 Å². The lowest BCUT2D eigenvalue weighted by atomic mass is 10.1. The van der Waals surface area contributed by atoms with E-state index in [0.29, 0.717) is 12.1 Å². The Morgan fingerprint density at radius 2 is 2.06 bits per heavy atom. The molecule has 0 fully saturated rings. The lowest BCUT2D eigenvalue weighted by Crippen LogP contribution is -2.09. The van der Waals surface area contributed by atoms with Crippen molar-refractivity contribution in [2.24, 2.45) is 0 Å². The molecule has 0 unspecified atom stereocenters. The van der Waals surface area contributed by atoms with Gasteiger partial charge >= 0.3 is 5.97 Å². The molecule has 1 rings (SSSR count). The molecule has 0 aliphatic carbocycles. The third-order valence-corrected chi connectivity index (χ3v) is 3.64. The molecule has 2 N–H and O–H groups in total. The van der Waals surface area contributed by atoms with E-state index in [-0.39, 0.29) is 5.57 Å². The van der Waals surface area contributed by atoms with Gasteiger partial charge in [-0.25, -0.2) is 4.79 Å². The smallest absolute Gasteiger partial charge is 0.331 e. The third-order valence-electron chi connectivity index (χ3n) is 2.63. The van der Waals surface area contributed by atoms with E-state index in [2.05, 4.69) is 5.32 Å². The van der Waals surface area contributed by atoms with Crippen LogP contribution in [-0.4, -0.2) is 17.5 Å². The summed E-state index contributed by atoms with van der Waals surface area (Å²) >= 11 is 1.59. The lowest BCUT2D eigenvalue weighted by Gasteiger charge is -2.05. The van der Waals surface area contributed by atoms with Crippen LogP contribution in [-0.2, 0) is 9.59 Å². The highest BCUT2D eigenvalue weighted by molar-refractivity contribution is 7.10. The predicted octanol–water partition coefficient (Wildman–Crippen LogP) is 2.48. The maximum absolute atomic E-state index is 10.7. The van der Waals surface area contributed by atoms with Crippen molar-refractivity contribution < 1.29 is 14.7 Å². The average molecular weight is 265 g/mol. The Bertz CT molecular complexity index is 526. The summed E-state index contributed by atoms with van der Waals surface area (Å²) in [6.45, 7) is 5.47. The fourth-order valence-electron chi connectivity index (χ4n) is 1.34. The van der Waals surface area contributed by atoms with Crippen LogP contribution in [0, 0.1) is 13.8 Å². The van der Waals surface area contributed by atoms with Gasteiger partial charge in [0.05, 0.1) is 0 Å². The van der Waals surface area contributed by atoms with Gasteiger partial charge in [0.1, 0.15) is 0 Å². The number of carbonyl (C=O) groups excluding carboxylic acids is 1. The van der Waals surface area contributed by atoms with Crippen LogP contribution >= 0.6 is 11.3 Å². The number of hydrogen-bond donors (Lipinski definition) is 2. The van der Waals surface area contributed by atoms with Gasteiger partial charge in [-0.1, -0.05) is 6.08 Å². The molecule has 1 amide bonds.